The number of nitrogens with one attached hydrogen (secondary N) is 2. The first-order valence-corrected chi connectivity index (χ1v) is 7.63. The van der Waals surface area contributed by atoms with Crippen LogP contribution in [0.3, 0.4) is 0 Å². The minimum absolute atomic E-state index is 0.173. The minimum Gasteiger partial charge on any atom is -0.449 e. The number of ether oxygens (including phenoxy) is 1. The molecule has 1 aromatic carbocycles. The van der Waals surface area contributed by atoms with Gasteiger partial charge in [-0.2, -0.15) is 0 Å². The van der Waals surface area contributed by atoms with E-state index in [1.54, 1.807) is 12.1 Å². The average Bonchev–Trinajstić information content (AvgIpc) is 2.99. The lowest BCUT2D eigenvalue weighted by Gasteiger charge is -2.17. The van der Waals surface area contributed by atoms with Crippen molar-refractivity contribution in [1.29, 1.82) is 0 Å². The van der Waals surface area contributed by atoms with Crippen LogP contribution in [0.15, 0.2) is 24.3 Å². The van der Waals surface area contributed by atoms with Gasteiger partial charge in [-0.25, -0.2) is 9.59 Å². The van der Waals surface area contributed by atoms with Gasteiger partial charge in [-0.15, -0.1) is 0 Å². The standard InChI is InChI=1S/C16H21N3O4/c1-10(14(20)18-12-6-2-3-7-12)23-15(21)11-5-4-8-13(9-11)19-16(17)22/h4-5,8-10,12H,2-3,6-7H2,1H3,(H,18,20)(H3,17,19,22)/t10-/m1/s1. The molecular formula is C16H21N3O4. The number of rotatable bonds is 5. The number of carbonyl (C=O) groups is 3. The maximum atomic E-state index is 12.1. The number of esters is 1. The third kappa shape index (κ3) is 4.98. The number of amides is 3. The third-order valence-electron chi connectivity index (χ3n) is 3.72. The number of nitrogens with two attached hydrogens (primary N) is 1. The molecule has 0 spiro atoms. The number of benzene rings is 1. The van der Waals surface area contributed by atoms with E-state index in [4.69, 9.17) is 10.5 Å². The first-order valence-electron chi connectivity index (χ1n) is 7.63. The van der Waals surface area contributed by atoms with Gasteiger partial charge in [0.1, 0.15) is 0 Å². The molecule has 124 valence electrons. The Labute approximate surface area is 134 Å². The minimum atomic E-state index is -0.879. The van der Waals surface area contributed by atoms with Crippen LogP contribution in [0.2, 0.25) is 0 Å². The van der Waals surface area contributed by atoms with Crippen LogP contribution in [0.1, 0.15) is 43.0 Å². The molecule has 2 rings (SSSR count). The van der Waals surface area contributed by atoms with E-state index in [0.717, 1.165) is 25.7 Å². The van der Waals surface area contributed by atoms with Crippen LogP contribution in [0, 0.1) is 0 Å². The van der Waals surface area contributed by atoms with Crippen molar-refractivity contribution in [2.24, 2.45) is 5.73 Å². The molecule has 3 amide bonds. The Bertz CT molecular complexity index is 597. The Morgan fingerprint density at radius 2 is 1.96 bits per heavy atom. The largest absolute Gasteiger partial charge is 0.449 e. The second-order valence-corrected chi connectivity index (χ2v) is 5.61. The molecule has 1 fully saturated rings. The van der Waals surface area contributed by atoms with E-state index in [2.05, 4.69) is 10.6 Å². The molecule has 1 aliphatic carbocycles. The van der Waals surface area contributed by atoms with Crippen molar-refractivity contribution in [3.63, 3.8) is 0 Å². The summed E-state index contributed by atoms with van der Waals surface area (Å²) in [6.45, 7) is 1.54. The highest BCUT2D eigenvalue weighted by Gasteiger charge is 2.23. The van der Waals surface area contributed by atoms with Gasteiger partial charge in [0.15, 0.2) is 6.10 Å². The number of anilines is 1. The highest BCUT2D eigenvalue weighted by Crippen LogP contribution is 2.18. The van der Waals surface area contributed by atoms with Crippen molar-refractivity contribution in [2.75, 3.05) is 5.32 Å². The van der Waals surface area contributed by atoms with E-state index < -0.39 is 18.1 Å². The zero-order valence-electron chi connectivity index (χ0n) is 13.0. The molecular weight excluding hydrogens is 298 g/mol. The molecule has 7 nitrogen and oxygen atoms in total. The molecule has 0 unspecified atom stereocenters. The quantitative estimate of drug-likeness (QED) is 0.718. The highest BCUT2D eigenvalue weighted by atomic mass is 16.5. The van der Waals surface area contributed by atoms with Crippen molar-refractivity contribution >= 4 is 23.6 Å². The third-order valence-corrected chi connectivity index (χ3v) is 3.72. The fourth-order valence-corrected chi connectivity index (χ4v) is 2.54. The lowest BCUT2D eigenvalue weighted by Crippen LogP contribution is -2.40. The molecule has 1 atom stereocenters. The molecule has 4 N–H and O–H groups in total. The van der Waals surface area contributed by atoms with E-state index in [1.807, 2.05) is 0 Å². The second kappa shape index (κ2) is 7.62. The van der Waals surface area contributed by atoms with Crippen LogP contribution in [-0.4, -0.2) is 30.1 Å². The predicted molar refractivity (Wildman–Crippen MR) is 84.9 cm³/mol. The summed E-state index contributed by atoms with van der Waals surface area (Å²) in [4.78, 5) is 34.9. The average molecular weight is 319 g/mol. The topological polar surface area (TPSA) is 111 Å². The molecule has 0 saturated heterocycles. The molecule has 23 heavy (non-hydrogen) atoms. The predicted octanol–water partition coefficient (Wildman–Crippen LogP) is 1.78. The Hall–Kier alpha value is -2.57. The van der Waals surface area contributed by atoms with E-state index >= 15 is 0 Å². The molecule has 1 aliphatic rings. The number of primary amides is 1. The van der Waals surface area contributed by atoms with Crippen molar-refractivity contribution in [3.05, 3.63) is 29.8 Å². The van der Waals surface area contributed by atoms with Crippen LogP contribution in [-0.2, 0) is 9.53 Å². The van der Waals surface area contributed by atoms with Gasteiger partial charge in [0.25, 0.3) is 5.91 Å². The van der Waals surface area contributed by atoms with Gasteiger partial charge in [0.05, 0.1) is 5.56 Å². The SMILES string of the molecule is C[C@@H](OC(=O)c1cccc(NC(N)=O)c1)C(=O)NC1CCCC1. The molecule has 0 bridgehead atoms. The molecule has 0 radical (unpaired) electrons. The van der Waals surface area contributed by atoms with Gasteiger partial charge in [-0.05, 0) is 38.0 Å². The van der Waals surface area contributed by atoms with Gasteiger partial charge in [-0.3, -0.25) is 4.79 Å². The Morgan fingerprint density at radius 1 is 1.26 bits per heavy atom. The molecule has 0 heterocycles. The molecule has 0 aromatic heterocycles. The van der Waals surface area contributed by atoms with Crippen molar-refractivity contribution in [3.8, 4) is 0 Å². The van der Waals surface area contributed by atoms with Crippen LogP contribution < -0.4 is 16.4 Å². The van der Waals surface area contributed by atoms with E-state index in [1.165, 1.54) is 19.1 Å². The van der Waals surface area contributed by atoms with E-state index in [-0.39, 0.29) is 17.5 Å². The smallest absolute Gasteiger partial charge is 0.338 e. The number of hydrogen-bond donors (Lipinski definition) is 3. The van der Waals surface area contributed by atoms with Crippen LogP contribution in [0.25, 0.3) is 0 Å². The zero-order valence-corrected chi connectivity index (χ0v) is 13.0. The summed E-state index contributed by atoms with van der Waals surface area (Å²) in [5, 5.41) is 5.26. The lowest BCUT2D eigenvalue weighted by atomic mass is 10.2. The van der Waals surface area contributed by atoms with Gasteiger partial charge in [-0.1, -0.05) is 18.9 Å². The summed E-state index contributed by atoms with van der Waals surface area (Å²) in [5.74, 6) is -0.927. The molecule has 7 heteroatoms. The van der Waals surface area contributed by atoms with Crippen molar-refractivity contribution < 1.29 is 19.1 Å². The normalized spacial score (nSPS) is 15.7. The first-order chi connectivity index (χ1) is 11.0. The summed E-state index contributed by atoms with van der Waals surface area (Å²) < 4.78 is 5.17. The summed E-state index contributed by atoms with van der Waals surface area (Å²) in [6.07, 6.45) is 3.27. The van der Waals surface area contributed by atoms with Crippen LogP contribution in [0.4, 0.5) is 10.5 Å². The van der Waals surface area contributed by atoms with E-state index in [9.17, 15) is 14.4 Å². The summed E-state index contributed by atoms with van der Waals surface area (Å²) >= 11 is 0. The summed E-state index contributed by atoms with van der Waals surface area (Å²) in [6, 6.07) is 5.61. The maximum absolute atomic E-state index is 12.1. The summed E-state index contributed by atoms with van der Waals surface area (Å²) in [7, 11) is 0. The number of hydrogen-bond acceptors (Lipinski definition) is 4. The molecule has 0 aliphatic heterocycles. The van der Waals surface area contributed by atoms with Crippen molar-refractivity contribution in [1.82, 2.24) is 5.32 Å². The van der Waals surface area contributed by atoms with Gasteiger partial charge >= 0.3 is 12.0 Å². The number of carbonyl (C=O) groups excluding carboxylic acids is 3. The Morgan fingerprint density at radius 3 is 2.61 bits per heavy atom. The Kier molecular flexibility index (Phi) is 5.56. The van der Waals surface area contributed by atoms with E-state index in [0.29, 0.717) is 5.69 Å². The van der Waals surface area contributed by atoms with Crippen LogP contribution in [0.5, 0.6) is 0 Å². The maximum Gasteiger partial charge on any atom is 0.338 e. The fraction of sp³-hybridized carbons (Fsp3) is 0.438. The fourth-order valence-electron chi connectivity index (χ4n) is 2.54. The molecule has 1 aromatic rings. The van der Waals surface area contributed by atoms with Crippen LogP contribution >= 0.6 is 0 Å². The van der Waals surface area contributed by atoms with Gasteiger partial charge in [0.2, 0.25) is 0 Å². The monoisotopic (exact) mass is 319 g/mol. The second-order valence-electron chi connectivity index (χ2n) is 5.61. The number of urea groups is 1. The summed E-state index contributed by atoms with van der Waals surface area (Å²) in [5.41, 5.74) is 5.65. The first kappa shape index (κ1) is 16.8. The van der Waals surface area contributed by atoms with Gasteiger partial charge in [0, 0.05) is 11.7 Å². The highest BCUT2D eigenvalue weighted by molar-refractivity contribution is 5.95. The Balaban J connectivity index is 1.92. The van der Waals surface area contributed by atoms with Gasteiger partial charge < -0.3 is 21.1 Å². The lowest BCUT2D eigenvalue weighted by molar-refractivity contribution is -0.129. The van der Waals surface area contributed by atoms with Crippen molar-refractivity contribution in [2.45, 2.75) is 44.8 Å². The molecule has 1 saturated carbocycles. The zero-order chi connectivity index (χ0) is 16.8.